The molecule has 0 saturated heterocycles. The molecule has 1 unspecified atom stereocenters. The summed E-state index contributed by atoms with van der Waals surface area (Å²) in [5, 5.41) is 3.96. The molecule has 4 aliphatic rings. The number of carbonyl (C=O) groups excluding carboxylic acids is 2. The SMILES string of the molecule is CC1=C([N+]2(C(=O)c3cnc(NC(=O)C4(C5=NC5)CC4)s3)C=C2)C(Cl)=CC(C)C1. The Bertz CT molecular complexity index is 1040. The molecule has 1 fully saturated rings. The van der Waals surface area contributed by atoms with Crippen molar-refractivity contribution in [3.8, 4) is 0 Å². The van der Waals surface area contributed by atoms with E-state index in [4.69, 9.17) is 11.6 Å². The summed E-state index contributed by atoms with van der Waals surface area (Å²) in [6.45, 7) is 4.84. The highest BCUT2D eigenvalue weighted by Gasteiger charge is 2.57. The molecule has 1 aromatic rings. The summed E-state index contributed by atoms with van der Waals surface area (Å²) in [7, 11) is 0. The van der Waals surface area contributed by atoms with Gasteiger partial charge < -0.3 is 5.32 Å². The first-order chi connectivity index (χ1) is 13.4. The second kappa shape index (κ2) is 5.95. The molecule has 2 aliphatic carbocycles. The lowest BCUT2D eigenvalue weighted by molar-refractivity contribution is -0.628. The smallest absolute Gasteiger partial charge is 0.301 e. The molecule has 3 heterocycles. The van der Waals surface area contributed by atoms with Crippen LogP contribution in [-0.4, -0.2) is 33.5 Å². The molecule has 5 rings (SSSR count). The fraction of sp³-hybridized carbons (Fsp3) is 0.400. The van der Waals surface area contributed by atoms with Gasteiger partial charge in [-0.1, -0.05) is 35.9 Å². The van der Waals surface area contributed by atoms with Crippen molar-refractivity contribution in [3.05, 3.63) is 45.9 Å². The molecule has 0 aromatic carbocycles. The van der Waals surface area contributed by atoms with Crippen LogP contribution in [-0.2, 0) is 4.79 Å². The minimum absolute atomic E-state index is 0.0181. The van der Waals surface area contributed by atoms with Crippen LogP contribution >= 0.6 is 22.9 Å². The predicted molar refractivity (Wildman–Crippen MR) is 109 cm³/mol. The van der Waals surface area contributed by atoms with Crippen LogP contribution in [0.15, 0.2) is 46.0 Å². The first-order valence-electron chi connectivity index (χ1n) is 9.38. The molecule has 1 N–H and O–H groups in total. The van der Waals surface area contributed by atoms with E-state index in [1.54, 1.807) is 0 Å². The fourth-order valence-electron chi connectivity index (χ4n) is 4.06. The molecule has 0 bridgehead atoms. The third-order valence-corrected chi connectivity index (χ3v) is 7.04. The Balaban J connectivity index is 1.35. The summed E-state index contributed by atoms with van der Waals surface area (Å²) in [5.41, 5.74) is 2.54. The van der Waals surface area contributed by atoms with Crippen molar-refractivity contribution in [2.45, 2.75) is 33.1 Å². The van der Waals surface area contributed by atoms with E-state index in [2.05, 4.69) is 22.2 Å². The van der Waals surface area contributed by atoms with E-state index in [-0.39, 0.29) is 16.3 Å². The quantitative estimate of drug-likeness (QED) is 0.733. The predicted octanol–water partition coefficient (Wildman–Crippen LogP) is 4.19. The summed E-state index contributed by atoms with van der Waals surface area (Å²) >= 11 is 7.72. The van der Waals surface area contributed by atoms with Gasteiger partial charge in [0.25, 0.3) is 0 Å². The number of amides is 2. The van der Waals surface area contributed by atoms with Crippen LogP contribution in [0.3, 0.4) is 0 Å². The van der Waals surface area contributed by atoms with Gasteiger partial charge in [-0.15, -0.1) is 0 Å². The lowest BCUT2D eigenvalue weighted by Gasteiger charge is -2.24. The van der Waals surface area contributed by atoms with Crippen LogP contribution in [0.2, 0.25) is 0 Å². The monoisotopic (exact) mass is 415 g/mol. The van der Waals surface area contributed by atoms with E-state index in [0.29, 0.717) is 27.5 Å². The average molecular weight is 416 g/mol. The van der Waals surface area contributed by atoms with Crippen molar-refractivity contribution < 1.29 is 14.1 Å². The Hall–Kier alpha value is -2.09. The number of carbonyl (C=O) groups is 2. The number of anilines is 1. The maximum Gasteiger partial charge on any atom is 0.372 e. The van der Waals surface area contributed by atoms with Crippen LogP contribution in [0.4, 0.5) is 5.13 Å². The molecule has 2 amide bonds. The van der Waals surface area contributed by atoms with E-state index < -0.39 is 5.41 Å². The van der Waals surface area contributed by atoms with Crippen LogP contribution in [0.5, 0.6) is 0 Å². The van der Waals surface area contributed by atoms with Gasteiger partial charge in [0.1, 0.15) is 0 Å². The number of hydrogen-bond donors (Lipinski definition) is 1. The van der Waals surface area contributed by atoms with E-state index >= 15 is 0 Å². The van der Waals surface area contributed by atoms with E-state index in [1.165, 1.54) is 17.5 Å². The molecule has 8 heteroatoms. The zero-order valence-corrected chi connectivity index (χ0v) is 17.2. The molecule has 1 aromatic heterocycles. The zero-order valence-electron chi connectivity index (χ0n) is 15.7. The number of quaternary nitrogens is 1. The van der Waals surface area contributed by atoms with E-state index in [1.807, 2.05) is 25.4 Å². The second-order valence-electron chi connectivity index (χ2n) is 8.03. The molecule has 1 saturated carbocycles. The van der Waals surface area contributed by atoms with Gasteiger partial charge in [0.15, 0.2) is 28.1 Å². The maximum atomic E-state index is 13.3. The molecule has 1 atom stereocenters. The standard InChI is InChI=1S/C20H19ClN4O2S/c1-11-7-12(2)16(13(21)8-11)25(5-6-25)17(26)14-9-23-19(28-14)24-18(27)20(3-4-20)15-10-22-15/h5-6,8-9,11H,3-4,7,10H2,1-2H3/p+1. The number of halogens is 1. The fourth-order valence-corrected chi connectivity index (χ4v) is 5.38. The average Bonchev–Trinajstić information content (AvgIpc) is 3.48. The molecule has 0 radical (unpaired) electrons. The second-order valence-corrected chi connectivity index (χ2v) is 9.47. The van der Waals surface area contributed by atoms with Crippen LogP contribution < -0.4 is 5.32 Å². The summed E-state index contributed by atoms with van der Waals surface area (Å²) in [6.07, 6.45) is 9.80. The van der Waals surface area contributed by atoms with Crippen molar-refractivity contribution in [1.29, 1.82) is 0 Å². The number of aromatic nitrogens is 1. The first kappa shape index (κ1) is 18.0. The van der Waals surface area contributed by atoms with Gasteiger partial charge in [-0.25, -0.2) is 9.78 Å². The Morgan fingerprint density at radius 1 is 1.36 bits per heavy atom. The maximum absolute atomic E-state index is 13.3. The number of rotatable bonds is 5. The molecule has 28 heavy (non-hydrogen) atoms. The lowest BCUT2D eigenvalue weighted by atomic mass is 9.94. The topological polar surface area (TPSA) is 71.4 Å². The Morgan fingerprint density at radius 3 is 2.64 bits per heavy atom. The van der Waals surface area contributed by atoms with Gasteiger partial charge >= 0.3 is 5.91 Å². The van der Waals surface area contributed by atoms with Crippen molar-refractivity contribution in [1.82, 2.24) is 4.98 Å². The van der Waals surface area contributed by atoms with Crippen molar-refractivity contribution >= 4 is 45.6 Å². The van der Waals surface area contributed by atoms with Gasteiger partial charge in [-0.2, -0.15) is 4.48 Å². The van der Waals surface area contributed by atoms with Crippen LogP contribution in [0, 0.1) is 11.3 Å². The zero-order chi connectivity index (χ0) is 19.7. The molecule has 2 aliphatic heterocycles. The minimum Gasteiger partial charge on any atom is -0.301 e. The number of nitrogens with zero attached hydrogens (tertiary/aromatic N) is 3. The minimum atomic E-state index is -0.412. The van der Waals surface area contributed by atoms with Gasteiger partial charge in [0, 0.05) is 5.71 Å². The van der Waals surface area contributed by atoms with Crippen molar-refractivity contribution in [2.24, 2.45) is 16.3 Å². The highest BCUT2D eigenvalue weighted by atomic mass is 35.5. The highest BCUT2D eigenvalue weighted by Crippen LogP contribution is 2.51. The Morgan fingerprint density at radius 2 is 2.07 bits per heavy atom. The summed E-state index contributed by atoms with van der Waals surface area (Å²) in [4.78, 5) is 34.8. The van der Waals surface area contributed by atoms with Gasteiger partial charge in [0.2, 0.25) is 5.91 Å². The number of allylic oxidation sites excluding steroid dienone is 3. The number of aliphatic imine (C=N–C) groups is 1. The molecule has 144 valence electrons. The van der Waals surface area contributed by atoms with E-state index in [0.717, 1.165) is 36.2 Å². The third-order valence-electron chi connectivity index (χ3n) is 5.83. The van der Waals surface area contributed by atoms with Gasteiger partial charge in [0.05, 0.1) is 23.2 Å². The molecule has 6 nitrogen and oxygen atoms in total. The molecular formula is C20H20ClN4O2S+. The highest BCUT2D eigenvalue weighted by molar-refractivity contribution is 7.17. The van der Waals surface area contributed by atoms with Crippen LogP contribution in [0.1, 0.15) is 42.8 Å². The summed E-state index contributed by atoms with van der Waals surface area (Å²) in [5.74, 6) is 0.209. The number of hydrogen-bond acceptors (Lipinski definition) is 5. The largest absolute Gasteiger partial charge is 0.372 e. The number of nitrogens with one attached hydrogen (secondary N) is 1. The van der Waals surface area contributed by atoms with Crippen molar-refractivity contribution in [2.75, 3.05) is 11.9 Å². The third kappa shape index (κ3) is 2.72. The van der Waals surface area contributed by atoms with E-state index in [9.17, 15) is 9.59 Å². The van der Waals surface area contributed by atoms with Crippen LogP contribution in [0.25, 0.3) is 0 Å². The molecule has 0 spiro atoms. The van der Waals surface area contributed by atoms with Gasteiger partial charge in [-0.05, 0) is 37.7 Å². The first-order valence-corrected chi connectivity index (χ1v) is 10.6. The Labute approximate surface area is 171 Å². The lowest BCUT2D eigenvalue weighted by Crippen LogP contribution is -2.34. The number of thiazole rings is 1. The Kier molecular flexibility index (Phi) is 3.82. The summed E-state index contributed by atoms with van der Waals surface area (Å²) in [6, 6.07) is 0. The molecular weight excluding hydrogens is 396 g/mol. The van der Waals surface area contributed by atoms with Crippen molar-refractivity contribution in [3.63, 3.8) is 0 Å². The van der Waals surface area contributed by atoms with Gasteiger partial charge in [-0.3, -0.25) is 9.79 Å². The normalized spacial score (nSPS) is 25.8. The summed E-state index contributed by atoms with van der Waals surface area (Å²) < 4.78 is 0.0181.